The molecule has 7 heteroatoms. The number of amides is 1. The number of β-amino-alcohol motifs (C(OH)–C–C–N with tert-alkyl or cyclic N) is 1. The average molecular weight is 347 g/mol. The SMILES string of the molecule is CC(=O)N1CCC(N2CCN(Cc3nccnc3C)C[C@H](O)C2)CC1. The first-order chi connectivity index (χ1) is 12.0. The van der Waals surface area contributed by atoms with Gasteiger partial charge in [0.15, 0.2) is 0 Å². The summed E-state index contributed by atoms with van der Waals surface area (Å²) in [5.74, 6) is 0.167. The number of hydrogen-bond donors (Lipinski definition) is 1. The lowest BCUT2D eigenvalue weighted by molar-refractivity contribution is -0.130. The lowest BCUT2D eigenvalue weighted by Gasteiger charge is -2.38. The summed E-state index contributed by atoms with van der Waals surface area (Å²) in [5.41, 5.74) is 1.94. The van der Waals surface area contributed by atoms with Gasteiger partial charge < -0.3 is 10.0 Å². The van der Waals surface area contributed by atoms with E-state index in [0.717, 1.165) is 57.0 Å². The first-order valence-corrected chi connectivity index (χ1v) is 9.19. The minimum absolute atomic E-state index is 0.167. The number of nitrogens with zero attached hydrogens (tertiary/aromatic N) is 5. The standard InChI is InChI=1S/C18H29N5O2/c1-14-18(20-6-5-19-14)13-21-9-10-23(12-17(25)11-21)16-3-7-22(8-4-16)15(2)24/h5-6,16-17,25H,3-4,7-13H2,1-2H3/t17-/m0/s1. The highest BCUT2D eigenvalue weighted by Gasteiger charge is 2.29. The fourth-order valence-electron chi connectivity index (χ4n) is 3.90. The smallest absolute Gasteiger partial charge is 0.219 e. The van der Waals surface area contributed by atoms with Gasteiger partial charge in [-0.2, -0.15) is 0 Å². The van der Waals surface area contributed by atoms with Crippen molar-refractivity contribution in [2.24, 2.45) is 0 Å². The molecule has 25 heavy (non-hydrogen) atoms. The third kappa shape index (κ3) is 4.74. The molecule has 1 N–H and O–H groups in total. The van der Waals surface area contributed by atoms with Crippen LogP contribution in [0.5, 0.6) is 0 Å². The minimum Gasteiger partial charge on any atom is -0.390 e. The van der Waals surface area contributed by atoms with E-state index in [1.807, 2.05) is 11.8 Å². The molecule has 2 saturated heterocycles. The molecule has 2 aliphatic heterocycles. The zero-order valence-corrected chi connectivity index (χ0v) is 15.3. The van der Waals surface area contributed by atoms with E-state index < -0.39 is 0 Å². The zero-order chi connectivity index (χ0) is 17.8. The Morgan fingerprint density at radius 2 is 1.88 bits per heavy atom. The molecule has 1 atom stereocenters. The van der Waals surface area contributed by atoms with Crippen LogP contribution >= 0.6 is 0 Å². The van der Waals surface area contributed by atoms with Crippen LogP contribution in [0.2, 0.25) is 0 Å². The maximum atomic E-state index is 11.5. The average Bonchev–Trinajstić information content (AvgIpc) is 2.78. The van der Waals surface area contributed by atoms with Crippen LogP contribution in [0.4, 0.5) is 0 Å². The van der Waals surface area contributed by atoms with Crippen molar-refractivity contribution in [3.8, 4) is 0 Å². The van der Waals surface area contributed by atoms with Gasteiger partial charge in [-0.25, -0.2) is 0 Å². The Morgan fingerprint density at radius 3 is 2.56 bits per heavy atom. The number of carbonyl (C=O) groups excluding carboxylic acids is 1. The van der Waals surface area contributed by atoms with Gasteiger partial charge in [-0.05, 0) is 19.8 Å². The van der Waals surface area contributed by atoms with Gasteiger partial charge in [0, 0.05) is 71.2 Å². The number of rotatable bonds is 3. The minimum atomic E-state index is -0.356. The first-order valence-electron chi connectivity index (χ1n) is 9.19. The van der Waals surface area contributed by atoms with Gasteiger partial charge >= 0.3 is 0 Å². The Hall–Kier alpha value is -1.57. The summed E-state index contributed by atoms with van der Waals surface area (Å²) in [6.45, 7) is 9.24. The molecule has 0 aliphatic carbocycles. The molecule has 2 aliphatic rings. The highest BCUT2D eigenvalue weighted by molar-refractivity contribution is 5.73. The van der Waals surface area contributed by atoms with Gasteiger partial charge in [-0.1, -0.05) is 0 Å². The number of aromatic nitrogens is 2. The van der Waals surface area contributed by atoms with Gasteiger partial charge in [-0.3, -0.25) is 24.6 Å². The molecule has 3 heterocycles. The quantitative estimate of drug-likeness (QED) is 0.846. The van der Waals surface area contributed by atoms with Crippen LogP contribution in [0.1, 0.15) is 31.2 Å². The monoisotopic (exact) mass is 347 g/mol. The lowest BCUT2D eigenvalue weighted by atomic mass is 10.0. The van der Waals surface area contributed by atoms with Crippen molar-refractivity contribution in [3.63, 3.8) is 0 Å². The van der Waals surface area contributed by atoms with Crippen LogP contribution in [-0.2, 0) is 11.3 Å². The van der Waals surface area contributed by atoms with E-state index in [0.29, 0.717) is 19.1 Å². The molecule has 0 unspecified atom stereocenters. The predicted molar refractivity (Wildman–Crippen MR) is 94.9 cm³/mol. The van der Waals surface area contributed by atoms with Crippen molar-refractivity contribution in [1.82, 2.24) is 24.7 Å². The molecule has 0 saturated carbocycles. The molecule has 0 aromatic carbocycles. The highest BCUT2D eigenvalue weighted by Crippen LogP contribution is 2.19. The third-order valence-corrected chi connectivity index (χ3v) is 5.40. The van der Waals surface area contributed by atoms with E-state index in [1.165, 1.54) is 0 Å². The molecule has 1 aromatic heterocycles. The van der Waals surface area contributed by atoms with Crippen LogP contribution < -0.4 is 0 Å². The number of piperidine rings is 1. The van der Waals surface area contributed by atoms with E-state index in [9.17, 15) is 9.90 Å². The molecule has 2 fully saturated rings. The Morgan fingerprint density at radius 1 is 1.16 bits per heavy atom. The lowest BCUT2D eigenvalue weighted by Crippen LogP contribution is -2.48. The number of aliphatic hydroxyl groups is 1. The van der Waals surface area contributed by atoms with Gasteiger partial charge in [0.05, 0.1) is 17.5 Å². The van der Waals surface area contributed by atoms with Crippen LogP contribution in [0.25, 0.3) is 0 Å². The summed E-state index contributed by atoms with van der Waals surface area (Å²) < 4.78 is 0. The van der Waals surface area contributed by atoms with Crippen molar-refractivity contribution in [1.29, 1.82) is 0 Å². The molecule has 3 rings (SSSR count). The molecule has 0 bridgehead atoms. The first kappa shape index (κ1) is 18.2. The maximum absolute atomic E-state index is 11.5. The van der Waals surface area contributed by atoms with Crippen molar-refractivity contribution in [2.75, 3.05) is 39.3 Å². The van der Waals surface area contributed by atoms with Gasteiger partial charge in [-0.15, -0.1) is 0 Å². The van der Waals surface area contributed by atoms with Crippen LogP contribution in [-0.4, -0.2) is 87.1 Å². The highest BCUT2D eigenvalue weighted by atomic mass is 16.3. The zero-order valence-electron chi connectivity index (χ0n) is 15.3. The molecular formula is C18H29N5O2. The third-order valence-electron chi connectivity index (χ3n) is 5.40. The maximum Gasteiger partial charge on any atom is 0.219 e. The predicted octanol–water partition coefficient (Wildman–Crippen LogP) is 0.274. The molecule has 0 radical (unpaired) electrons. The Bertz CT molecular complexity index is 589. The Balaban J connectivity index is 1.56. The number of likely N-dealkylation sites (tertiary alicyclic amines) is 1. The van der Waals surface area contributed by atoms with Gasteiger partial charge in [0.1, 0.15) is 0 Å². The van der Waals surface area contributed by atoms with E-state index >= 15 is 0 Å². The normalized spacial score (nSPS) is 24.3. The van der Waals surface area contributed by atoms with E-state index in [-0.39, 0.29) is 12.0 Å². The molecule has 1 amide bonds. The van der Waals surface area contributed by atoms with Crippen molar-refractivity contribution in [2.45, 2.75) is 45.4 Å². The summed E-state index contributed by atoms with van der Waals surface area (Å²) in [6.07, 6.45) is 5.08. The van der Waals surface area contributed by atoms with E-state index in [4.69, 9.17) is 0 Å². The number of hydrogen-bond acceptors (Lipinski definition) is 6. The van der Waals surface area contributed by atoms with Crippen LogP contribution in [0.15, 0.2) is 12.4 Å². The second-order valence-corrected chi connectivity index (χ2v) is 7.21. The fraction of sp³-hybridized carbons (Fsp3) is 0.722. The number of aryl methyl sites for hydroxylation is 1. The Labute approximate surface area is 149 Å². The molecule has 1 aromatic rings. The van der Waals surface area contributed by atoms with Crippen LogP contribution in [0.3, 0.4) is 0 Å². The molecule has 138 valence electrons. The number of aliphatic hydroxyl groups excluding tert-OH is 1. The van der Waals surface area contributed by atoms with E-state index in [1.54, 1.807) is 19.3 Å². The topological polar surface area (TPSA) is 72.8 Å². The second-order valence-electron chi connectivity index (χ2n) is 7.21. The second kappa shape index (κ2) is 8.21. The number of carbonyl (C=O) groups is 1. The molecule has 0 spiro atoms. The molecular weight excluding hydrogens is 318 g/mol. The van der Waals surface area contributed by atoms with Gasteiger partial charge in [0.25, 0.3) is 0 Å². The van der Waals surface area contributed by atoms with Crippen LogP contribution in [0, 0.1) is 6.92 Å². The largest absolute Gasteiger partial charge is 0.390 e. The van der Waals surface area contributed by atoms with Crippen molar-refractivity contribution >= 4 is 5.91 Å². The summed E-state index contributed by atoms with van der Waals surface area (Å²) in [4.78, 5) is 26.8. The fourth-order valence-corrected chi connectivity index (χ4v) is 3.90. The Kier molecular flexibility index (Phi) is 5.98. The van der Waals surface area contributed by atoms with E-state index in [2.05, 4.69) is 19.8 Å². The summed E-state index contributed by atoms with van der Waals surface area (Å²) >= 11 is 0. The van der Waals surface area contributed by atoms with Crippen molar-refractivity contribution in [3.05, 3.63) is 23.8 Å². The summed E-state index contributed by atoms with van der Waals surface area (Å²) in [7, 11) is 0. The summed E-state index contributed by atoms with van der Waals surface area (Å²) in [6, 6.07) is 0.462. The van der Waals surface area contributed by atoms with Gasteiger partial charge in [0.2, 0.25) is 5.91 Å². The summed E-state index contributed by atoms with van der Waals surface area (Å²) in [5, 5.41) is 10.5. The van der Waals surface area contributed by atoms with Crippen molar-refractivity contribution < 1.29 is 9.90 Å². The molecule has 7 nitrogen and oxygen atoms in total.